The summed E-state index contributed by atoms with van der Waals surface area (Å²) in [4.78, 5) is 11.0. The molecule has 0 radical (unpaired) electrons. The van der Waals surface area contributed by atoms with Crippen LogP contribution in [0.5, 0.6) is 5.75 Å². The first-order valence-corrected chi connectivity index (χ1v) is 8.87. The van der Waals surface area contributed by atoms with Gasteiger partial charge in [0.1, 0.15) is 5.75 Å². The molecule has 0 heterocycles. The lowest BCUT2D eigenvalue weighted by Gasteiger charge is -2.12. The van der Waals surface area contributed by atoms with Crippen LogP contribution in [0.4, 0.5) is 0 Å². The fourth-order valence-electron chi connectivity index (χ4n) is 3.86. The van der Waals surface area contributed by atoms with E-state index in [1.807, 2.05) is 6.08 Å². The number of phenols is 1. The summed E-state index contributed by atoms with van der Waals surface area (Å²) < 4.78 is 0. The maximum Gasteiger partial charge on any atom is 0.153 e. The van der Waals surface area contributed by atoms with Gasteiger partial charge in [-0.2, -0.15) is 0 Å². The molecule has 2 heteroatoms. The summed E-state index contributed by atoms with van der Waals surface area (Å²) in [6.45, 7) is 0. The molecule has 0 saturated heterocycles. The van der Waals surface area contributed by atoms with Crippen molar-refractivity contribution in [2.24, 2.45) is 0 Å². The maximum atomic E-state index is 11.0. The van der Waals surface area contributed by atoms with Crippen LogP contribution in [0, 0.1) is 0 Å². The van der Waals surface area contributed by atoms with Crippen molar-refractivity contribution in [2.75, 3.05) is 0 Å². The molecule has 0 bridgehead atoms. The van der Waals surface area contributed by atoms with Gasteiger partial charge in [0.25, 0.3) is 0 Å². The predicted octanol–water partition coefficient (Wildman–Crippen LogP) is 6.27. The molecule has 0 aliphatic heterocycles. The summed E-state index contributed by atoms with van der Waals surface area (Å²) in [5.74, 6) is 0.00452. The van der Waals surface area contributed by atoms with Crippen LogP contribution in [0.1, 0.15) is 21.5 Å². The Morgan fingerprint density at radius 1 is 0.667 bits per heavy atom. The number of aromatic hydroxyl groups is 1. The minimum Gasteiger partial charge on any atom is -0.507 e. The van der Waals surface area contributed by atoms with E-state index >= 15 is 0 Å². The van der Waals surface area contributed by atoms with Gasteiger partial charge in [0.2, 0.25) is 0 Å². The van der Waals surface area contributed by atoms with Crippen LogP contribution in [-0.2, 0) is 0 Å². The Morgan fingerprint density at radius 2 is 1.37 bits per heavy atom. The van der Waals surface area contributed by atoms with E-state index in [0.717, 1.165) is 11.1 Å². The Bertz CT molecular complexity index is 1330. The van der Waals surface area contributed by atoms with Crippen molar-refractivity contribution in [1.82, 2.24) is 0 Å². The highest BCUT2D eigenvalue weighted by molar-refractivity contribution is 6.24. The summed E-state index contributed by atoms with van der Waals surface area (Å²) >= 11 is 0. The standard InChI is InChI=1S/C25H16O2/c26-15-21-14-16(5-13-23(21)27)4-6-17-7-8-20-10-9-18-2-1-3-19-11-12-22(17)25(20)24(18)19/h1-15,27H. The summed E-state index contributed by atoms with van der Waals surface area (Å²) in [6, 6.07) is 24.4. The van der Waals surface area contributed by atoms with Crippen molar-refractivity contribution in [3.05, 3.63) is 89.5 Å². The van der Waals surface area contributed by atoms with Gasteiger partial charge in [-0.3, -0.25) is 4.79 Å². The van der Waals surface area contributed by atoms with Gasteiger partial charge >= 0.3 is 0 Å². The zero-order chi connectivity index (χ0) is 18.4. The Labute approximate surface area is 156 Å². The number of carbonyl (C=O) groups excluding carboxylic acids is 1. The molecule has 0 aromatic heterocycles. The average Bonchev–Trinajstić information content (AvgIpc) is 2.72. The van der Waals surface area contributed by atoms with Crippen molar-refractivity contribution in [3.8, 4) is 5.75 Å². The lowest BCUT2D eigenvalue weighted by atomic mass is 9.92. The second-order valence-electron chi connectivity index (χ2n) is 6.78. The average molecular weight is 348 g/mol. The van der Waals surface area contributed by atoms with Gasteiger partial charge in [0, 0.05) is 0 Å². The van der Waals surface area contributed by atoms with Crippen LogP contribution in [0.2, 0.25) is 0 Å². The summed E-state index contributed by atoms with van der Waals surface area (Å²) in [6.07, 6.45) is 4.70. The molecule has 0 aliphatic carbocycles. The molecular weight excluding hydrogens is 332 g/mol. The summed E-state index contributed by atoms with van der Waals surface area (Å²) in [5.41, 5.74) is 2.30. The topological polar surface area (TPSA) is 37.3 Å². The largest absolute Gasteiger partial charge is 0.507 e. The third kappa shape index (κ3) is 2.46. The molecule has 0 unspecified atom stereocenters. The zero-order valence-corrected chi connectivity index (χ0v) is 14.5. The molecule has 0 fully saturated rings. The van der Waals surface area contributed by atoms with Crippen LogP contribution < -0.4 is 0 Å². The van der Waals surface area contributed by atoms with Crippen molar-refractivity contribution in [1.29, 1.82) is 0 Å². The fourth-order valence-corrected chi connectivity index (χ4v) is 3.86. The Morgan fingerprint density at radius 3 is 2.15 bits per heavy atom. The number of hydrogen-bond acceptors (Lipinski definition) is 2. The Kier molecular flexibility index (Phi) is 3.44. The van der Waals surface area contributed by atoms with Gasteiger partial charge in [-0.1, -0.05) is 72.8 Å². The maximum absolute atomic E-state index is 11.0. The molecule has 0 saturated carbocycles. The van der Waals surface area contributed by atoms with Gasteiger partial charge in [0.15, 0.2) is 6.29 Å². The Hall–Kier alpha value is -3.65. The van der Waals surface area contributed by atoms with Crippen LogP contribution in [-0.4, -0.2) is 11.4 Å². The monoisotopic (exact) mass is 348 g/mol. The van der Waals surface area contributed by atoms with E-state index < -0.39 is 0 Å². The highest BCUT2D eigenvalue weighted by atomic mass is 16.3. The van der Waals surface area contributed by atoms with Gasteiger partial charge < -0.3 is 5.11 Å². The number of carbonyl (C=O) groups is 1. The third-order valence-corrected chi connectivity index (χ3v) is 5.20. The molecule has 0 atom stereocenters. The molecule has 2 nitrogen and oxygen atoms in total. The molecule has 1 N–H and O–H groups in total. The summed E-state index contributed by atoms with van der Waals surface area (Å²) in [5, 5.41) is 17.2. The first kappa shape index (κ1) is 15.6. The Balaban J connectivity index is 1.70. The number of benzene rings is 5. The van der Waals surface area contributed by atoms with E-state index in [4.69, 9.17) is 0 Å². The molecule has 5 aromatic carbocycles. The van der Waals surface area contributed by atoms with Crippen molar-refractivity contribution < 1.29 is 9.90 Å². The molecule has 0 aliphatic rings. The first-order chi connectivity index (χ1) is 13.2. The fraction of sp³-hybridized carbons (Fsp3) is 0. The van der Waals surface area contributed by atoms with E-state index in [0.29, 0.717) is 11.8 Å². The number of aldehydes is 1. The smallest absolute Gasteiger partial charge is 0.153 e. The van der Waals surface area contributed by atoms with Gasteiger partial charge in [0.05, 0.1) is 5.56 Å². The van der Waals surface area contributed by atoms with Crippen LogP contribution in [0.15, 0.2) is 72.8 Å². The van der Waals surface area contributed by atoms with Gasteiger partial charge in [-0.05, 0) is 55.6 Å². The molecule has 5 rings (SSSR count). The number of hydrogen-bond donors (Lipinski definition) is 1. The minimum absolute atomic E-state index is 0.00452. The lowest BCUT2D eigenvalue weighted by molar-refractivity contribution is 0.112. The van der Waals surface area contributed by atoms with E-state index in [1.54, 1.807) is 18.2 Å². The minimum atomic E-state index is 0.00452. The van der Waals surface area contributed by atoms with Crippen LogP contribution in [0.3, 0.4) is 0 Å². The summed E-state index contributed by atoms with van der Waals surface area (Å²) in [7, 11) is 0. The molecule has 27 heavy (non-hydrogen) atoms. The first-order valence-electron chi connectivity index (χ1n) is 8.87. The van der Waals surface area contributed by atoms with Crippen LogP contribution >= 0.6 is 0 Å². The van der Waals surface area contributed by atoms with Crippen molar-refractivity contribution in [3.63, 3.8) is 0 Å². The SMILES string of the molecule is O=Cc1cc(C=Cc2ccc3ccc4cccc5ccc2c3c45)ccc1O. The van der Waals surface area contributed by atoms with E-state index in [9.17, 15) is 9.90 Å². The van der Waals surface area contributed by atoms with Crippen LogP contribution in [0.25, 0.3) is 44.5 Å². The predicted molar refractivity (Wildman–Crippen MR) is 113 cm³/mol. The van der Waals surface area contributed by atoms with E-state index in [-0.39, 0.29) is 5.75 Å². The highest BCUT2D eigenvalue weighted by Gasteiger charge is 2.09. The second-order valence-corrected chi connectivity index (χ2v) is 6.78. The van der Waals surface area contributed by atoms with Gasteiger partial charge in [-0.25, -0.2) is 0 Å². The zero-order valence-electron chi connectivity index (χ0n) is 14.5. The highest BCUT2D eigenvalue weighted by Crippen LogP contribution is 2.36. The molecule has 5 aromatic rings. The normalized spacial score (nSPS) is 11.9. The lowest BCUT2D eigenvalue weighted by Crippen LogP contribution is -1.86. The molecule has 0 amide bonds. The van der Waals surface area contributed by atoms with Gasteiger partial charge in [-0.15, -0.1) is 0 Å². The van der Waals surface area contributed by atoms with E-state index in [2.05, 4.69) is 60.7 Å². The molecule has 128 valence electrons. The number of rotatable bonds is 3. The molecular formula is C25H16O2. The van der Waals surface area contributed by atoms with E-state index in [1.165, 1.54) is 32.3 Å². The molecule has 0 spiro atoms. The second kappa shape index (κ2) is 5.96. The quantitative estimate of drug-likeness (QED) is 0.237. The van der Waals surface area contributed by atoms with Crippen molar-refractivity contribution in [2.45, 2.75) is 0 Å². The number of phenolic OH excluding ortho intramolecular Hbond substituents is 1. The van der Waals surface area contributed by atoms with Crippen molar-refractivity contribution >= 4 is 50.8 Å². The third-order valence-electron chi connectivity index (χ3n) is 5.20.